The van der Waals surface area contributed by atoms with Gasteiger partial charge in [-0.3, -0.25) is 4.79 Å². The van der Waals surface area contributed by atoms with Gasteiger partial charge in [0.15, 0.2) is 0 Å². The minimum absolute atomic E-state index is 0.205. The first kappa shape index (κ1) is 16.5. The number of rotatable bonds is 8. The molecule has 0 spiro atoms. The Labute approximate surface area is 123 Å². The maximum absolute atomic E-state index is 11.1. The van der Waals surface area contributed by atoms with E-state index >= 15 is 0 Å². The number of carbonyl (C=O) groups is 1. The van der Waals surface area contributed by atoms with Crippen molar-refractivity contribution in [1.29, 1.82) is 5.26 Å². The molecule has 0 aliphatic heterocycles. The molecule has 0 saturated heterocycles. The summed E-state index contributed by atoms with van der Waals surface area (Å²) >= 11 is 1.31. The Morgan fingerprint density at radius 3 is 2.90 bits per heavy atom. The molecule has 1 rings (SSSR count). The number of hydrogen-bond donors (Lipinski definition) is 1. The monoisotopic (exact) mass is 294 g/mol. The summed E-state index contributed by atoms with van der Waals surface area (Å²) in [5.41, 5.74) is 1.60. The van der Waals surface area contributed by atoms with Crippen LogP contribution in [-0.4, -0.2) is 39.1 Å². The quantitative estimate of drug-likeness (QED) is 0.446. The third-order valence-corrected chi connectivity index (χ3v) is 3.60. The second kappa shape index (κ2) is 9.37. The zero-order valence-corrected chi connectivity index (χ0v) is 12.5. The topological polar surface area (TPSA) is 71.3 Å². The number of nitriles is 1. The van der Waals surface area contributed by atoms with Crippen molar-refractivity contribution in [1.82, 2.24) is 5.32 Å². The summed E-state index contributed by atoms with van der Waals surface area (Å²) in [5, 5.41) is 12.4. The van der Waals surface area contributed by atoms with E-state index < -0.39 is 0 Å². The summed E-state index contributed by atoms with van der Waals surface area (Å²) in [6.07, 6.45) is 0. The summed E-state index contributed by atoms with van der Waals surface area (Å²) < 4.78 is 9.53. The fourth-order valence-electron chi connectivity index (χ4n) is 1.50. The van der Waals surface area contributed by atoms with E-state index in [1.807, 2.05) is 18.2 Å². The van der Waals surface area contributed by atoms with Crippen molar-refractivity contribution in [3.05, 3.63) is 29.3 Å². The molecule has 20 heavy (non-hydrogen) atoms. The molecule has 1 aromatic rings. The number of methoxy groups -OCH3 is 2. The number of nitrogens with one attached hydrogen (secondary N) is 1. The molecule has 108 valence electrons. The van der Waals surface area contributed by atoms with Crippen LogP contribution in [0.4, 0.5) is 0 Å². The molecule has 0 radical (unpaired) electrons. The summed E-state index contributed by atoms with van der Waals surface area (Å²) in [5.74, 6) is -0.0967. The molecule has 1 N–H and O–H groups in total. The van der Waals surface area contributed by atoms with Gasteiger partial charge >= 0.3 is 5.97 Å². The fraction of sp³-hybridized carbons (Fsp3) is 0.429. The second-order valence-corrected chi connectivity index (χ2v) is 4.99. The molecule has 5 nitrogen and oxygen atoms in total. The van der Waals surface area contributed by atoms with E-state index in [0.29, 0.717) is 18.7 Å². The average Bonchev–Trinajstić information content (AvgIpc) is 2.49. The summed E-state index contributed by atoms with van der Waals surface area (Å²) in [6, 6.07) is 7.79. The lowest BCUT2D eigenvalue weighted by atomic mass is 10.1. The first-order valence-corrected chi connectivity index (χ1v) is 7.12. The number of ether oxygens (including phenoxy) is 2. The molecule has 0 aliphatic rings. The van der Waals surface area contributed by atoms with Gasteiger partial charge in [-0.1, -0.05) is 6.07 Å². The summed E-state index contributed by atoms with van der Waals surface area (Å²) in [7, 11) is 3.01. The number of benzene rings is 1. The van der Waals surface area contributed by atoms with Crippen LogP contribution in [0.2, 0.25) is 0 Å². The van der Waals surface area contributed by atoms with Crippen molar-refractivity contribution in [3.63, 3.8) is 0 Å². The van der Waals surface area contributed by atoms with Gasteiger partial charge in [-0.05, 0) is 17.7 Å². The second-order valence-electron chi connectivity index (χ2n) is 3.98. The molecular weight excluding hydrogens is 276 g/mol. The number of esters is 1. The molecule has 0 aliphatic carbocycles. The zero-order valence-electron chi connectivity index (χ0n) is 11.6. The van der Waals surface area contributed by atoms with Gasteiger partial charge in [-0.25, -0.2) is 0 Å². The maximum atomic E-state index is 11.1. The van der Waals surface area contributed by atoms with Crippen LogP contribution in [0.25, 0.3) is 0 Å². The highest BCUT2D eigenvalue weighted by molar-refractivity contribution is 8.00. The van der Waals surface area contributed by atoms with Crippen molar-refractivity contribution in [2.24, 2.45) is 0 Å². The van der Waals surface area contributed by atoms with Gasteiger partial charge in [0.1, 0.15) is 6.07 Å². The van der Waals surface area contributed by atoms with E-state index in [9.17, 15) is 4.79 Å². The van der Waals surface area contributed by atoms with Crippen LogP contribution in [0.1, 0.15) is 11.1 Å². The van der Waals surface area contributed by atoms with Crippen LogP contribution in [0, 0.1) is 11.3 Å². The van der Waals surface area contributed by atoms with Gasteiger partial charge in [-0.2, -0.15) is 5.26 Å². The standard InChI is InChI=1S/C14H18N2O3S/c1-18-6-5-16-9-11-3-4-13(12(7-11)8-15)20-10-14(17)19-2/h3-4,7,16H,5-6,9-10H2,1-2H3. The molecule has 0 fully saturated rings. The van der Waals surface area contributed by atoms with Crippen molar-refractivity contribution >= 4 is 17.7 Å². The normalized spacial score (nSPS) is 10.1. The molecule has 0 aromatic heterocycles. The van der Waals surface area contributed by atoms with Gasteiger partial charge < -0.3 is 14.8 Å². The molecule has 0 heterocycles. The Kier molecular flexibility index (Phi) is 7.73. The van der Waals surface area contributed by atoms with E-state index in [-0.39, 0.29) is 11.7 Å². The zero-order chi connectivity index (χ0) is 14.8. The third kappa shape index (κ3) is 5.61. The van der Waals surface area contributed by atoms with E-state index in [1.54, 1.807) is 7.11 Å². The lowest BCUT2D eigenvalue weighted by Crippen LogP contribution is -2.18. The Morgan fingerprint density at radius 1 is 1.45 bits per heavy atom. The highest BCUT2D eigenvalue weighted by atomic mass is 32.2. The number of nitrogens with zero attached hydrogens (tertiary/aromatic N) is 1. The summed E-state index contributed by atoms with van der Waals surface area (Å²) in [6.45, 7) is 2.09. The minimum Gasteiger partial charge on any atom is -0.468 e. The van der Waals surface area contributed by atoms with Crippen LogP contribution < -0.4 is 5.32 Å². The largest absolute Gasteiger partial charge is 0.468 e. The van der Waals surface area contributed by atoms with Crippen molar-refractivity contribution in [2.45, 2.75) is 11.4 Å². The Balaban J connectivity index is 2.61. The van der Waals surface area contributed by atoms with E-state index in [2.05, 4.69) is 16.1 Å². The molecular formula is C14H18N2O3S. The minimum atomic E-state index is -0.302. The number of thioether (sulfide) groups is 1. The average molecular weight is 294 g/mol. The third-order valence-electron chi connectivity index (χ3n) is 2.55. The van der Waals surface area contributed by atoms with E-state index in [0.717, 1.165) is 17.0 Å². The Hall–Kier alpha value is -1.55. The molecule has 0 saturated carbocycles. The van der Waals surface area contributed by atoms with Crippen molar-refractivity contribution in [3.8, 4) is 6.07 Å². The van der Waals surface area contributed by atoms with Gasteiger partial charge in [0.05, 0.1) is 25.0 Å². The molecule has 0 amide bonds. The van der Waals surface area contributed by atoms with Crippen LogP contribution in [0.15, 0.2) is 23.1 Å². The Morgan fingerprint density at radius 2 is 2.25 bits per heavy atom. The molecule has 0 unspecified atom stereocenters. The SMILES string of the molecule is COCCNCc1ccc(SCC(=O)OC)c(C#N)c1. The lowest BCUT2D eigenvalue weighted by Gasteiger charge is -2.07. The van der Waals surface area contributed by atoms with E-state index in [1.165, 1.54) is 18.9 Å². The highest BCUT2D eigenvalue weighted by Gasteiger charge is 2.07. The number of carbonyl (C=O) groups excluding carboxylic acids is 1. The van der Waals surface area contributed by atoms with Crippen LogP contribution in [0.5, 0.6) is 0 Å². The molecule has 6 heteroatoms. The van der Waals surface area contributed by atoms with Crippen LogP contribution >= 0.6 is 11.8 Å². The predicted molar refractivity (Wildman–Crippen MR) is 77.5 cm³/mol. The van der Waals surface area contributed by atoms with Crippen LogP contribution in [0.3, 0.4) is 0 Å². The van der Waals surface area contributed by atoms with Gasteiger partial charge in [0, 0.05) is 25.1 Å². The fourth-order valence-corrected chi connectivity index (χ4v) is 2.32. The first-order chi connectivity index (χ1) is 9.71. The predicted octanol–water partition coefficient (Wildman–Crippen LogP) is 1.56. The van der Waals surface area contributed by atoms with Gasteiger partial charge in [-0.15, -0.1) is 11.8 Å². The Bertz CT molecular complexity index is 486. The smallest absolute Gasteiger partial charge is 0.315 e. The van der Waals surface area contributed by atoms with Gasteiger partial charge in [0.2, 0.25) is 0 Å². The molecule has 1 aromatic carbocycles. The maximum Gasteiger partial charge on any atom is 0.315 e. The van der Waals surface area contributed by atoms with E-state index in [4.69, 9.17) is 10.00 Å². The summed E-state index contributed by atoms with van der Waals surface area (Å²) in [4.78, 5) is 11.9. The molecule has 0 bridgehead atoms. The van der Waals surface area contributed by atoms with Crippen molar-refractivity contribution < 1.29 is 14.3 Å². The van der Waals surface area contributed by atoms with Gasteiger partial charge in [0.25, 0.3) is 0 Å². The first-order valence-electron chi connectivity index (χ1n) is 6.13. The number of hydrogen-bond acceptors (Lipinski definition) is 6. The van der Waals surface area contributed by atoms with Crippen LogP contribution in [-0.2, 0) is 20.8 Å². The van der Waals surface area contributed by atoms with Crippen molar-refractivity contribution in [2.75, 3.05) is 33.1 Å². The highest BCUT2D eigenvalue weighted by Crippen LogP contribution is 2.23. The molecule has 0 atom stereocenters. The lowest BCUT2D eigenvalue weighted by molar-refractivity contribution is -0.137.